The average Bonchev–Trinajstić information content (AvgIpc) is 2.27. The number of nitrogens with zero attached hydrogens (tertiary/aromatic N) is 1. The molecule has 1 aliphatic carbocycles. The third-order valence-corrected chi connectivity index (χ3v) is 3.53. The first kappa shape index (κ1) is 14.4. The third-order valence-electron chi connectivity index (χ3n) is 3.53. The number of carbonyl (C=O) groups is 2. The van der Waals surface area contributed by atoms with E-state index in [0.29, 0.717) is 13.0 Å². The number of aliphatic carboxylic acids is 2. The third kappa shape index (κ3) is 2.61. The first-order valence-electron chi connectivity index (χ1n) is 5.82. The van der Waals surface area contributed by atoms with Crippen molar-refractivity contribution in [2.45, 2.75) is 13.3 Å². The minimum absolute atomic E-state index is 0.152. The molecule has 2 unspecified atom stereocenters. The maximum atomic E-state index is 11.6. The zero-order chi connectivity index (χ0) is 13.9. The fourth-order valence-electron chi connectivity index (χ4n) is 2.22. The highest BCUT2D eigenvalue weighted by Crippen LogP contribution is 2.41. The van der Waals surface area contributed by atoms with Crippen molar-refractivity contribution in [1.82, 2.24) is 4.90 Å². The molecule has 0 heterocycles. The summed E-state index contributed by atoms with van der Waals surface area (Å²) >= 11 is 0. The Kier molecular flexibility index (Phi) is 4.29. The highest BCUT2D eigenvalue weighted by molar-refractivity contribution is 5.91. The molecule has 2 N–H and O–H groups in total. The average molecular weight is 253 g/mol. The zero-order valence-corrected chi connectivity index (χ0v) is 10.9. The number of hydrogen-bond donors (Lipinski definition) is 2. The van der Waals surface area contributed by atoms with Gasteiger partial charge in [-0.05, 0) is 27.1 Å². The Morgan fingerprint density at radius 3 is 2.44 bits per heavy atom. The molecule has 5 heteroatoms. The lowest BCUT2D eigenvalue weighted by Gasteiger charge is -2.35. The molecule has 0 aromatic heterocycles. The van der Waals surface area contributed by atoms with Crippen LogP contribution in [0.4, 0.5) is 0 Å². The van der Waals surface area contributed by atoms with Crippen LogP contribution in [0.25, 0.3) is 0 Å². The SMILES string of the molecule is CC1C(C(=O)O)=CC=CC1(CCN(C)C)C(=O)O. The number of rotatable bonds is 5. The van der Waals surface area contributed by atoms with Crippen molar-refractivity contribution in [2.75, 3.05) is 20.6 Å². The van der Waals surface area contributed by atoms with E-state index in [1.165, 1.54) is 12.2 Å². The fraction of sp³-hybridized carbons (Fsp3) is 0.538. The molecule has 0 aliphatic heterocycles. The van der Waals surface area contributed by atoms with Gasteiger partial charge in [0, 0.05) is 11.5 Å². The van der Waals surface area contributed by atoms with E-state index >= 15 is 0 Å². The van der Waals surface area contributed by atoms with Gasteiger partial charge in [0.05, 0.1) is 5.41 Å². The lowest BCUT2D eigenvalue weighted by atomic mass is 9.68. The van der Waals surface area contributed by atoms with Gasteiger partial charge in [-0.2, -0.15) is 0 Å². The Morgan fingerprint density at radius 2 is 2.00 bits per heavy atom. The molecule has 0 saturated carbocycles. The van der Waals surface area contributed by atoms with Gasteiger partial charge >= 0.3 is 11.9 Å². The minimum Gasteiger partial charge on any atom is -0.481 e. The monoisotopic (exact) mass is 253 g/mol. The molecule has 0 aromatic carbocycles. The molecule has 0 radical (unpaired) electrons. The Hall–Kier alpha value is -1.62. The van der Waals surface area contributed by atoms with E-state index in [4.69, 9.17) is 5.11 Å². The van der Waals surface area contributed by atoms with Gasteiger partial charge in [0.15, 0.2) is 0 Å². The number of hydrogen-bond acceptors (Lipinski definition) is 3. The van der Waals surface area contributed by atoms with E-state index in [1.807, 2.05) is 19.0 Å². The van der Waals surface area contributed by atoms with E-state index in [1.54, 1.807) is 13.0 Å². The molecule has 1 aliphatic rings. The van der Waals surface area contributed by atoms with Crippen LogP contribution in [-0.4, -0.2) is 47.7 Å². The molecule has 0 aromatic rings. The van der Waals surface area contributed by atoms with Crippen LogP contribution >= 0.6 is 0 Å². The van der Waals surface area contributed by atoms with Crippen molar-refractivity contribution in [3.63, 3.8) is 0 Å². The highest BCUT2D eigenvalue weighted by atomic mass is 16.4. The summed E-state index contributed by atoms with van der Waals surface area (Å²) in [6.07, 6.45) is 5.00. The molecule has 100 valence electrons. The van der Waals surface area contributed by atoms with Crippen molar-refractivity contribution in [1.29, 1.82) is 0 Å². The van der Waals surface area contributed by atoms with Gasteiger partial charge in [-0.15, -0.1) is 0 Å². The second kappa shape index (κ2) is 5.35. The largest absolute Gasteiger partial charge is 0.481 e. The van der Waals surface area contributed by atoms with Crippen LogP contribution in [0.15, 0.2) is 23.8 Å². The van der Waals surface area contributed by atoms with E-state index in [-0.39, 0.29) is 5.57 Å². The van der Waals surface area contributed by atoms with Crippen LogP contribution in [0.2, 0.25) is 0 Å². The van der Waals surface area contributed by atoms with Gasteiger partial charge in [0.1, 0.15) is 0 Å². The maximum absolute atomic E-state index is 11.6. The lowest BCUT2D eigenvalue weighted by Crippen LogP contribution is -2.41. The summed E-state index contributed by atoms with van der Waals surface area (Å²) in [6, 6.07) is 0. The molecule has 0 amide bonds. The van der Waals surface area contributed by atoms with E-state index < -0.39 is 23.3 Å². The predicted octanol–water partition coefficient (Wildman–Crippen LogP) is 1.23. The Morgan fingerprint density at radius 1 is 1.39 bits per heavy atom. The van der Waals surface area contributed by atoms with E-state index in [9.17, 15) is 14.7 Å². The van der Waals surface area contributed by atoms with E-state index in [2.05, 4.69) is 0 Å². The molecular formula is C13H19NO4. The number of allylic oxidation sites excluding steroid dienone is 2. The Balaban J connectivity index is 3.07. The van der Waals surface area contributed by atoms with Crippen LogP contribution < -0.4 is 0 Å². The van der Waals surface area contributed by atoms with Gasteiger partial charge in [-0.3, -0.25) is 4.79 Å². The van der Waals surface area contributed by atoms with Crippen LogP contribution in [0.3, 0.4) is 0 Å². The van der Waals surface area contributed by atoms with Gasteiger partial charge in [-0.1, -0.05) is 25.2 Å². The minimum atomic E-state index is -1.13. The van der Waals surface area contributed by atoms with Crippen molar-refractivity contribution in [3.05, 3.63) is 23.8 Å². The van der Waals surface area contributed by atoms with Crippen LogP contribution in [0.1, 0.15) is 13.3 Å². The molecule has 0 bridgehead atoms. The normalized spacial score (nSPS) is 27.1. The molecule has 2 atom stereocenters. The van der Waals surface area contributed by atoms with Crippen molar-refractivity contribution >= 4 is 11.9 Å². The fourth-order valence-corrected chi connectivity index (χ4v) is 2.22. The topological polar surface area (TPSA) is 77.8 Å². The molecule has 5 nitrogen and oxygen atoms in total. The summed E-state index contributed by atoms with van der Waals surface area (Å²) in [5.41, 5.74) is -0.981. The second-order valence-electron chi connectivity index (χ2n) is 4.91. The molecule has 18 heavy (non-hydrogen) atoms. The summed E-state index contributed by atoms with van der Waals surface area (Å²) < 4.78 is 0. The van der Waals surface area contributed by atoms with Gasteiger partial charge in [-0.25, -0.2) is 4.79 Å². The van der Waals surface area contributed by atoms with Crippen molar-refractivity contribution in [2.24, 2.45) is 11.3 Å². The quantitative estimate of drug-likeness (QED) is 0.770. The molecular weight excluding hydrogens is 234 g/mol. The molecule has 0 spiro atoms. The van der Waals surface area contributed by atoms with Crippen LogP contribution in [0, 0.1) is 11.3 Å². The predicted molar refractivity (Wildman–Crippen MR) is 67.3 cm³/mol. The van der Waals surface area contributed by atoms with Crippen molar-refractivity contribution < 1.29 is 19.8 Å². The first-order chi connectivity index (χ1) is 8.31. The Labute approximate surface area is 106 Å². The van der Waals surface area contributed by atoms with Crippen molar-refractivity contribution in [3.8, 4) is 0 Å². The second-order valence-corrected chi connectivity index (χ2v) is 4.91. The molecule has 1 rings (SSSR count). The van der Waals surface area contributed by atoms with Gasteiger partial charge in [0.25, 0.3) is 0 Å². The molecule has 0 saturated heterocycles. The van der Waals surface area contributed by atoms with Crippen LogP contribution in [-0.2, 0) is 9.59 Å². The summed E-state index contributed by atoms with van der Waals surface area (Å²) in [4.78, 5) is 24.6. The van der Waals surface area contributed by atoms with Gasteiger partial charge < -0.3 is 15.1 Å². The maximum Gasteiger partial charge on any atom is 0.331 e. The number of carboxylic acids is 2. The standard InChI is InChI=1S/C13H19NO4/c1-9-10(11(15)16)5-4-6-13(9,12(17)18)7-8-14(2)3/h4-6,9H,7-8H2,1-3H3,(H,15,16)(H,17,18). The Bertz CT molecular complexity index is 411. The highest BCUT2D eigenvalue weighted by Gasteiger charge is 2.45. The smallest absolute Gasteiger partial charge is 0.331 e. The summed E-state index contributed by atoms with van der Waals surface area (Å²) in [5, 5.41) is 18.6. The summed E-state index contributed by atoms with van der Waals surface area (Å²) in [5.74, 6) is -2.57. The summed E-state index contributed by atoms with van der Waals surface area (Å²) in [6.45, 7) is 2.25. The van der Waals surface area contributed by atoms with Crippen LogP contribution in [0.5, 0.6) is 0 Å². The summed E-state index contributed by atoms with van der Waals surface area (Å²) in [7, 11) is 3.72. The van der Waals surface area contributed by atoms with E-state index in [0.717, 1.165) is 0 Å². The molecule has 0 fully saturated rings. The van der Waals surface area contributed by atoms with Gasteiger partial charge in [0.2, 0.25) is 0 Å². The number of carboxylic acid groups (broad SMARTS) is 2. The first-order valence-corrected chi connectivity index (χ1v) is 5.82. The lowest BCUT2D eigenvalue weighted by molar-refractivity contribution is -0.149. The zero-order valence-electron chi connectivity index (χ0n) is 10.9.